The van der Waals surface area contributed by atoms with E-state index >= 15 is 4.39 Å². The van der Waals surface area contributed by atoms with E-state index in [0.29, 0.717) is 63.0 Å². The third kappa shape index (κ3) is 7.03. The fourth-order valence-corrected chi connectivity index (χ4v) is 7.59. The Morgan fingerprint density at radius 2 is 1.51 bits per heavy atom. The highest BCUT2D eigenvalue weighted by Gasteiger charge is 2.29. The molecule has 0 unspecified atom stereocenters. The highest BCUT2D eigenvalue weighted by Crippen LogP contribution is 2.38. The number of para-hydroxylation sites is 2. The van der Waals surface area contributed by atoms with Gasteiger partial charge in [0.25, 0.3) is 0 Å². The van der Waals surface area contributed by atoms with Gasteiger partial charge in [0.15, 0.2) is 0 Å². The first kappa shape index (κ1) is 34.6. The van der Waals surface area contributed by atoms with E-state index < -0.39 is 17.2 Å². The number of carbonyl (C=O) groups is 1. The van der Waals surface area contributed by atoms with E-state index in [1.54, 1.807) is 22.4 Å². The van der Waals surface area contributed by atoms with Gasteiger partial charge in [-0.2, -0.15) is 9.78 Å². The van der Waals surface area contributed by atoms with E-state index in [2.05, 4.69) is 20.8 Å². The zero-order valence-corrected chi connectivity index (χ0v) is 29.7. The number of fused-ring (bicyclic) bond motifs is 1. The standard InChI is InChI=1S/C39H43FN8O5/c1-53-35-10-6-5-9-32(35)44-17-13-42(14-18-44)25-36-41-48(39(52)47(36)23-27-7-3-2-4-8-27)26-43-15-19-45(20-16-43)34-22-33-29(21-31(34)40)37(49)30(38(50)51)24-46(33)28-11-12-28/h2-10,21-22,24,28H,11-20,23,25-26H2,1H3,(H,50,51). The second-order valence-corrected chi connectivity index (χ2v) is 14.1. The molecule has 1 saturated carbocycles. The number of aromatic nitrogens is 4. The third-order valence-corrected chi connectivity index (χ3v) is 10.7. The van der Waals surface area contributed by atoms with E-state index in [1.165, 1.54) is 12.3 Å². The summed E-state index contributed by atoms with van der Waals surface area (Å²) in [6.45, 7) is 6.72. The molecule has 3 aliphatic rings. The lowest BCUT2D eigenvalue weighted by Gasteiger charge is -2.36. The topological polar surface area (TPSA) is 121 Å². The summed E-state index contributed by atoms with van der Waals surface area (Å²) in [6, 6.07) is 20.9. The molecule has 3 aromatic carbocycles. The van der Waals surface area contributed by atoms with E-state index in [-0.39, 0.29) is 22.7 Å². The van der Waals surface area contributed by atoms with Gasteiger partial charge in [-0.3, -0.25) is 19.2 Å². The van der Waals surface area contributed by atoms with Crippen LogP contribution in [0.25, 0.3) is 10.9 Å². The summed E-state index contributed by atoms with van der Waals surface area (Å²) >= 11 is 0. The number of carboxylic acid groups (broad SMARTS) is 1. The maximum atomic E-state index is 15.6. The first-order valence-corrected chi connectivity index (χ1v) is 18.2. The van der Waals surface area contributed by atoms with Crippen LogP contribution in [-0.4, -0.2) is 99.3 Å². The van der Waals surface area contributed by atoms with Crippen LogP contribution < -0.4 is 25.7 Å². The van der Waals surface area contributed by atoms with E-state index in [4.69, 9.17) is 9.84 Å². The molecule has 2 aromatic heterocycles. The molecule has 13 nitrogen and oxygen atoms in total. The molecule has 0 amide bonds. The van der Waals surface area contributed by atoms with Gasteiger partial charge in [0, 0.05) is 70.0 Å². The first-order chi connectivity index (χ1) is 25.8. The number of rotatable bonds is 11. The van der Waals surface area contributed by atoms with Crippen molar-refractivity contribution in [3.63, 3.8) is 0 Å². The van der Waals surface area contributed by atoms with Crippen molar-refractivity contribution in [1.29, 1.82) is 0 Å². The molecule has 14 heteroatoms. The van der Waals surface area contributed by atoms with Crippen molar-refractivity contribution in [1.82, 2.24) is 28.7 Å². The minimum atomic E-state index is -1.31. The predicted molar refractivity (Wildman–Crippen MR) is 200 cm³/mol. The first-order valence-electron chi connectivity index (χ1n) is 18.2. The molecule has 0 atom stereocenters. The molecular weight excluding hydrogens is 679 g/mol. The minimum absolute atomic E-state index is 0.0799. The zero-order chi connectivity index (χ0) is 36.6. The van der Waals surface area contributed by atoms with Gasteiger partial charge in [0.2, 0.25) is 5.43 Å². The fraction of sp³-hybridized carbons (Fsp3) is 0.385. The van der Waals surface area contributed by atoms with Crippen LogP contribution in [0.15, 0.2) is 82.5 Å². The quantitative estimate of drug-likeness (QED) is 0.216. The number of piperazine rings is 2. The molecule has 276 valence electrons. The van der Waals surface area contributed by atoms with Crippen LogP contribution in [0.1, 0.15) is 40.6 Å². The van der Waals surface area contributed by atoms with Gasteiger partial charge < -0.3 is 24.2 Å². The third-order valence-electron chi connectivity index (χ3n) is 10.7. The Bertz CT molecular complexity index is 2250. The number of nitrogens with zero attached hydrogens (tertiary/aromatic N) is 8. The highest BCUT2D eigenvalue weighted by molar-refractivity contribution is 5.93. The maximum absolute atomic E-state index is 15.6. The van der Waals surface area contributed by atoms with Crippen LogP contribution in [0.3, 0.4) is 0 Å². The fourth-order valence-electron chi connectivity index (χ4n) is 7.59. The zero-order valence-electron chi connectivity index (χ0n) is 29.7. The number of carboxylic acids is 1. The average molecular weight is 723 g/mol. The van der Waals surface area contributed by atoms with Crippen molar-refractivity contribution in [2.45, 2.75) is 38.6 Å². The number of anilines is 2. The second kappa shape index (κ2) is 14.5. The Morgan fingerprint density at radius 1 is 0.849 bits per heavy atom. The van der Waals surface area contributed by atoms with Crippen LogP contribution in [0.5, 0.6) is 5.75 Å². The van der Waals surface area contributed by atoms with Gasteiger partial charge in [-0.1, -0.05) is 42.5 Å². The van der Waals surface area contributed by atoms with Crippen LogP contribution in [0.4, 0.5) is 15.8 Å². The number of hydrogen-bond donors (Lipinski definition) is 1. The van der Waals surface area contributed by atoms with Crippen LogP contribution in [-0.2, 0) is 19.8 Å². The average Bonchev–Trinajstić information content (AvgIpc) is 3.99. The van der Waals surface area contributed by atoms with Crippen LogP contribution in [0, 0.1) is 5.82 Å². The molecule has 1 aliphatic carbocycles. The molecule has 0 spiro atoms. The van der Waals surface area contributed by atoms with Crippen molar-refractivity contribution in [3.05, 3.63) is 116 Å². The summed E-state index contributed by atoms with van der Waals surface area (Å²) < 4.78 is 26.3. The van der Waals surface area contributed by atoms with Gasteiger partial charge in [0.05, 0.1) is 43.8 Å². The summed E-state index contributed by atoms with van der Waals surface area (Å²) in [7, 11) is 1.69. The summed E-state index contributed by atoms with van der Waals surface area (Å²) in [5, 5.41) is 14.6. The van der Waals surface area contributed by atoms with Crippen LogP contribution in [0.2, 0.25) is 0 Å². The van der Waals surface area contributed by atoms with Gasteiger partial charge in [-0.05, 0) is 42.7 Å². The van der Waals surface area contributed by atoms with Gasteiger partial charge in [0.1, 0.15) is 23.0 Å². The normalized spacial score (nSPS) is 17.1. The van der Waals surface area contributed by atoms with Gasteiger partial charge in [-0.25, -0.2) is 14.0 Å². The number of methoxy groups -OCH3 is 1. The summed E-state index contributed by atoms with van der Waals surface area (Å²) in [4.78, 5) is 47.4. The van der Waals surface area contributed by atoms with Crippen molar-refractivity contribution in [2.24, 2.45) is 0 Å². The SMILES string of the molecule is COc1ccccc1N1CCN(Cc2nn(CN3CCN(c4cc5c(cc4F)c(=O)c(C(=O)O)cn5C4CC4)CC3)c(=O)n2Cc2ccccc2)CC1. The minimum Gasteiger partial charge on any atom is -0.495 e. The van der Waals surface area contributed by atoms with Crippen molar-refractivity contribution in [2.75, 3.05) is 69.3 Å². The maximum Gasteiger partial charge on any atom is 0.347 e. The van der Waals surface area contributed by atoms with Crippen LogP contribution >= 0.6 is 0 Å². The Morgan fingerprint density at radius 3 is 2.19 bits per heavy atom. The number of aromatic carboxylic acids is 1. The smallest absolute Gasteiger partial charge is 0.347 e. The number of halogens is 1. The molecule has 4 heterocycles. The molecule has 8 rings (SSSR count). The number of benzene rings is 3. The van der Waals surface area contributed by atoms with E-state index in [0.717, 1.165) is 56.0 Å². The predicted octanol–water partition coefficient (Wildman–Crippen LogP) is 3.69. The Labute approximate surface area is 305 Å². The summed E-state index contributed by atoms with van der Waals surface area (Å²) in [5.41, 5.74) is 1.84. The molecule has 2 saturated heterocycles. The molecule has 53 heavy (non-hydrogen) atoms. The van der Waals surface area contributed by atoms with Crippen molar-refractivity contribution < 1.29 is 19.0 Å². The highest BCUT2D eigenvalue weighted by atomic mass is 19.1. The lowest BCUT2D eigenvalue weighted by molar-refractivity contribution is 0.0694. The Hall–Kier alpha value is -5.47. The lowest BCUT2D eigenvalue weighted by Crippen LogP contribution is -2.48. The van der Waals surface area contributed by atoms with Gasteiger partial charge >= 0.3 is 11.7 Å². The number of hydrogen-bond acceptors (Lipinski definition) is 9. The number of pyridine rings is 1. The molecule has 0 radical (unpaired) electrons. The van der Waals surface area contributed by atoms with E-state index in [9.17, 15) is 19.5 Å². The molecule has 0 bridgehead atoms. The molecule has 5 aromatic rings. The number of ether oxygens (including phenoxy) is 1. The lowest BCUT2D eigenvalue weighted by atomic mass is 10.1. The summed E-state index contributed by atoms with van der Waals surface area (Å²) in [6.07, 6.45) is 3.16. The second-order valence-electron chi connectivity index (χ2n) is 14.1. The molecule has 2 aliphatic heterocycles. The summed E-state index contributed by atoms with van der Waals surface area (Å²) in [5.74, 6) is -0.298. The Balaban J connectivity index is 0.976. The van der Waals surface area contributed by atoms with Crippen molar-refractivity contribution in [3.8, 4) is 5.75 Å². The van der Waals surface area contributed by atoms with E-state index in [1.807, 2.05) is 58.0 Å². The molecule has 3 fully saturated rings. The monoisotopic (exact) mass is 722 g/mol. The largest absolute Gasteiger partial charge is 0.495 e. The van der Waals surface area contributed by atoms with Gasteiger partial charge in [-0.15, -0.1) is 0 Å². The Kier molecular flexibility index (Phi) is 9.48. The van der Waals surface area contributed by atoms with Crippen molar-refractivity contribution >= 4 is 28.2 Å². The molecule has 1 N–H and O–H groups in total. The molecular formula is C39H43FN8O5.